The van der Waals surface area contributed by atoms with Crippen LogP contribution in [0.5, 0.6) is 0 Å². The van der Waals surface area contributed by atoms with Gasteiger partial charge in [0, 0.05) is 31.6 Å². The lowest BCUT2D eigenvalue weighted by molar-refractivity contribution is 0.0746. The number of rotatable bonds is 2. The Kier molecular flexibility index (Phi) is 3.98. The highest BCUT2D eigenvalue weighted by atomic mass is 35.5. The molecule has 1 unspecified atom stereocenters. The standard InChI is InChI=1S/C16H20ClN7O2/c1-9-11(17)12(21-19-9)14(25)23-5-3-16(7-23)4-6-24(8-16)15(26)13-18-10(2)20-22-13/h3-8H2,1-2H3,(H,19,21)(H,18,20,22). The van der Waals surface area contributed by atoms with Gasteiger partial charge in [-0.2, -0.15) is 5.10 Å². The van der Waals surface area contributed by atoms with Gasteiger partial charge in [-0.25, -0.2) is 4.98 Å². The molecule has 26 heavy (non-hydrogen) atoms. The largest absolute Gasteiger partial charge is 0.337 e. The molecule has 0 aromatic carbocycles. The molecule has 1 spiro atoms. The Labute approximate surface area is 155 Å². The second-order valence-corrected chi connectivity index (χ2v) is 7.59. The summed E-state index contributed by atoms with van der Waals surface area (Å²) < 4.78 is 0. The fourth-order valence-corrected chi connectivity index (χ4v) is 4.00. The van der Waals surface area contributed by atoms with E-state index in [1.54, 1.807) is 23.6 Å². The molecular formula is C16H20ClN7O2. The maximum absolute atomic E-state index is 12.7. The number of amides is 2. The molecule has 2 fully saturated rings. The SMILES string of the molecule is Cc1nc(C(=O)N2CCC3(CCN(C(=O)c4n[nH]c(C)c4Cl)C3)C2)n[nH]1. The summed E-state index contributed by atoms with van der Waals surface area (Å²) in [4.78, 5) is 32.9. The second kappa shape index (κ2) is 6.08. The number of nitrogens with one attached hydrogen (secondary N) is 2. The Balaban J connectivity index is 1.44. The van der Waals surface area contributed by atoms with Crippen LogP contribution in [0.2, 0.25) is 5.02 Å². The lowest BCUT2D eigenvalue weighted by Crippen LogP contribution is -2.36. The average Bonchev–Trinajstić information content (AvgIpc) is 3.39. The van der Waals surface area contributed by atoms with Gasteiger partial charge in [-0.1, -0.05) is 11.6 Å². The van der Waals surface area contributed by atoms with Crippen molar-refractivity contribution in [2.45, 2.75) is 26.7 Å². The highest BCUT2D eigenvalue weighted by molar-refractivity contribution is 6.34. The van der Waals surface area contributed by atoms with E-state index in [0.717, 1.165) is 12.8 Å². The van der Waals surface area contributed by atoms with Crippen molar-refractivity contribution in [1.29, 1.82) is 0 Å². The molecule has 0 bridgehead atoms. The van der Waals surface area contributed by atoms with E-state index in [2.05, 4.69) is 25.4 Å². The highest BCUT2D eigenvalue weighted by Crippen LogP contribution is 2.40. The number of likely N-dealkylation sites (tertiary alicyclic amines) is 2. The number of aryl methyl sites for hydroxylation is 2. The predicted octanol–water partition coefficient (Wildman–Crippen LogP) is 1.18. The molecule has 4 rings (SSSR count). The molecule has 1 atom stereocenters. The summed E-state index contributed by atoms with van der Waals surface area (Å²) in [5, 5.41) is 13.8. The molecule has 2 amide bonds. The molecule has 2 aliphatic rings. The first-order chi connectivity index (χ1) is 12.4. The van der Waals surface area contributed by atoms with Crippen molar-refractivity contribution in [3.8, 4) is 0 Å². The van der Waals surface area contributed by atoms with Gasteiger partial charge in [0.1, 0.15) is 5.82 Å². The minimum absolute atomic E-state index is 0.0749. The Hall–Kier alpha value is -2.42. The van der Waals surface area contributed by atoms with E-state index in [1.165, 1.54) is 0 Å². The summed E-state index contributed by atoms with van der Waals surface area (Å²) in [6, 6.07) is 0. The zero-order chi connectivity index (χ0) is 18.5. The first kappa shape index (κ1) is 17.0. The normalized spacial score (nSPS) is 22.6. The van der Waals surface area contributed by atoms with Crippen molar-refractivity contribution in [3.63, 3.8) is 0 Å². The number of carbonyl (C=O) groups is 2. The van der Waals surface area contributed by atoms with Crippen LogP contribution in [-0.2, 0) is 0 Å². The van der Waals surface area contributed by atoms with Gasteiger partial charge < -0.3 is 9.80 Å². The van der Waals surface area contributed by atoms with Gasteiger partial charge in [0.2, 0.25) is 5.82 Å². The summed E-state index contributed by atoms with van der Waals surface area (Å²) >= 11 is 6.16. The molecule has 4 heterocycles. The van der Waals surface area contributed by atoms with E-state index in [0.29, 0.717) is 42.7 Å². The molecular weight excluding hydrogens is 358 g/mol. The predicted molar refractivity (Wildman–Crippen MR) is 92.9 cm³/mol. The van der Waals surface area contributed by atoms with E-state index in [-0.39, 0.29) is 28.7 Å². The Bertz CT molecular complexity index is 876. The van der Waals surface area contributed by atoms with Gasteiger partial charge in [0.15, 0.2) is 5.69 Å². The number of hydrogen-bond acceptors (Lipinski definition) is 5. The maximum Gasteiger partial charge on any atom is 0.293 e. The van der Waals surface area contributed by atoms with Crippen LogP contribution in [0.15, 0.2) is 0 Å². The molecule has 2 aromatic heterocycles. The molecule has 2 N–H and O–H groups in total. The van der Waals surface area contributed by atoms with Crippen LogP contribution in [-0.4, -0.2) is 73.2 Å². The number of halogens is 1. The van der Waals surface area contributed by atoms with Crippen molar-refractivity contribution in [2.75, 3.05) is 26.2 Å². The number of aromatic amines is 2. The van der Waals surface area contributed by atoms with Crippen molar-refractivity contribution in [3.05, 3.63) is 28.1 Å². The summed E-state index contributed by atoms with van der Waals surface area (Å²) in [7, 11) is 0. The lowest BCUT2D eigenvalue weighted by atomic mass is 9.86. The van der Waals surface area contributed by atoms with Crippen LogP contribution in [0.1, 0.15) is 45.5 Å². The van der Waals surface area contributed by atoms with Gasteiger partial charge in [0.25, 0.3) is 11.8 Å². The van der Waals surface area contributed by atoms with Gasteiger partial charge >= 0.3 is 0 Å². The number of hydrogen-bond donors (Lipinski definition) is 2. The van der Waals surface area contributed by atoms with Crippen molar-refractivity contribution >= 4 is 23.4 Å². The monoisotopic (exact) mass is 377 g/mol. The quantitative estimate of drug-likeness (QED) is 0.816. The number of aromatic nitrogens is 5. The lowest BCUT2D eigenvalue weighted by Gasteiger charge is -2.24. The zero-order valence-electron chi connectivity index (χ0n) is 14.7. The number of nitrogens with zero attached hydrogens (tertiary/aromatic N) is 5. The first-order valence-electron chi connectivity index (χ1n) is 8.57. The zero-order valence-corrected chi connectivity index (χ0v) is 15.4. The molecule has 2 saturated heterocycles. The van der Waals surface area contributed by atoms with Crippen molar-refractivity contribution in [1.82, 2.24) is 35.2 Å². The minimum Gasteiger partial charge on any atom is -0.337 e. The van der Waals surface area contributed by atoms with Crippen LogP contribution in [0.3, 0.4) is 0 Å². The molecule has 2 aromatic rings. The van der Waals surface area contributed by atoms with Crippen molar-refractivity contribution in [2.24, 2.45) is 5.41 Å². The van der Waals surface area contributed by atoms with E-state index in [4.69, 9.17) is 11.6 Å². The fourth-order valence-electron chi connectivity index (χ4n) is 3.84. The third-order valence-electron chi connectivity index (χ3n) is 5.31. The van der Waals surface area contributed by atoms with Gasteiger partial charge in [-0.15, -0.1) is 5.10 Å². The third-order valence-corrected chi connectivity index (χ3v) is 5.78. The van der Waals surface area contributed by atoms with Crippen LogP contribution < -0.4 is 0 Å². The summed E-state index contributed by atoms with van der Waals surface area (Å²) in [5.41, 5.74) is 0.876. The van der Waals surface area contributed by atoms with E-state index in [9.17, 15) is 9.59 Å². The Morgan fingerprint density at radius 1 is 1.04 bits per heavy atom. The van der Waals surface area contributed by atoms with E-state index < -0.39 is 0 Å². The number of carbonyl (C=O) groups excluding carboxylic acids is 2. The third kappa shape index (κ3) is 2.76. The topological polar surface area (TPSA) is 111 Å². The number of H-pyrrole nitrogens is 2. The summed E-state index contributed by atoms with van der Waals surface area (Å²) in [5.74, 6) is 0.489. The second-order valence-electron chi connectivity index (χ2n) is 7.21. The molecule has 0 saturated carbocycles. The van der Waals surface area contributed by atoms with Crippen LogP contribution in [0.25, 0.3) is 0 Å². The molecule has 2 aliphatic heterocycles. The maximum atomic E-state index is 12.7. The Morgan fingerprint density at radius 3 is 2.23 bits per heavy atom. The van der Waals surface area contributed by atoms with Gasteiger partial charge in [-0.05, 0) is 26.7 Å². The molecule has 0 radical (unpaired) electrons. The van der Waals surface area contributed by atoms with Crippen molar-refractivity contribution < 1.29 is 9.59 Å². The fraction of sp³-hybridized carbons (Fsp3) is 0.562. The summed E-state index contributed by atoms with van der Waals surface area (Å²) in [6.45, 7) is 6.04. The molecule has 138 valence electrons. The minimum atomic E-state index is -0.165. The molecule has 0 aliphatic carbocycles. The van der Waals surface area contributed by atoms with E-state index >= 15 is 0 Å². The molecule has 9 nitrogen and oxygen atoms in total. The smallest absolute Gasteiger partial charge is 0.293 e. The van der Waals surface area contributed by atoms with E-state index in [1.807, 2.05) is 0 Å². The summed E-state index contributed by atoms with van der Waals surface area (Å²) in [6.07, 6.45) is 1.72. The average molecular weight is 378 g/mol. The first-order valence-corrected chi connectivity index (χ1v) is 8.94. The van der Waals surface area contributed by atoms with Crippen LogP contribution in [0.4, 0.5) is 0 Å². The molecule has 10 heteroatoms. The van der Waals surface area contributed by atoms with Crippen LogP contribution in [0, 0.1) is 19.3 Å². The Morgan fingerprint density at radius 2 is 1.69 bits per heavy atom. The van der Waals surface area contributed by atoms with Gasteiger partial charge in [0.05, 0.1) is 10.7 Å². The highest BCUT2D eigenvalue weighted by Gasteiger charge is 2.47. The van der Waals surface area contributed by atoms with Crippen LogP contribution >= 0.6 is 11.6 Å². The van der Waals surface area contributed by atoms with Gasteiger partial charge in [-0.3, -0.25) is 19.8 Å².